The van der Waals surface area contributed by atoms with Crippen molar-refractivity contribution in [2.75, 3.05) is 6.52 Å². The van der Waals surface area contributed by atoms with Crippen LogP contribution in [0.1, 0.15) is 48.0 Å². The largest absolute Gasteiger partial charge is 0.460 e. The molecule has 0 fully saturated rings. The average Bonchev–Trinajstić information content (AvgIpc) is 2.50. The number of carbonyl (C=O) groups is 2. The van der Waals surface area contributed by atoms with Crippen LogP contribution < -0.4 is 5.32 Å². The number of hydrogen-bond donors (Lipinski definition) is 1. The minimum atomic E-state index is -1.34. The molecule has 0 heterocycles. The van der Waals surface area contributed by atoms with Crippen LogP contribution in [0, 0.1) is 5.92 Å². The third-order valence-electron chi connectivity index (χ3n) is 3.02. The van der Waals surface area contributed by atoms with Crippen molar-refractivity contribution < 1.29 is 20.4 Å². The molecule has 0 aliphatic heterocycles. The fraction of sp³-hybridized carbons (Fsp3) is 0.579. The maximum absolute atomic E-state index is 12.4. The number of esters is 2. The number of hydrogen-bond acceptors (Lipinski definition) is 5. The normalized spacial score (nSPS) is 14.7. The number of benzene rings is 1. The van der Waals surface area contributed by atoms with Crippen LogP contribution in [0.2, 0.25) is 0 Å². The first kappa shape index (κ1) is 18.5. The highest BCUT2D eigenvalue weighted by Gasteiger charge is 2.23. The zero-order valence-electron chi connectivity index (χ0n) is 16.2. The molecule has 2 atom stereocenters. The molecule has 5 heteroatoms. The molecule has 0 aromatic heterocycles. The average molecular weight is 336 g/mol. The van der Waals surface area contributed by atoms with E-state index in [-0.39, 0.29) is 12.5 Å². The van der Waals surface area contributed by atoms with E-state index in [9.17, 15) is 9.59 Å². The second-order valence-corrected chi connectivity index (χ2v) is 7.12. The Morgan fingerprint density at radius 2 is 1.83 bits per heavy atom. The zero-order valence-corrected chi connectivity index (χ0v) is 15.2. The van der Waals surface area contributed by atoms with E-state index in [0.29, 0.717) is 6.42 Å². The Hall–Kier alpha value is -1.88. The Labute approximate surface area is 146 Å². The highest BCUT2D eigenvalue weighted by atomic mass is 16.6. The Morgan fingerprint density at radius 3 is 2.38 bits per heavy atom. The van der Waals surface area contributed by atoms with E-state index in [1.165, 1.54) is 0 Å². The van der Waals surface area contributed by atoms with Gasteiger partial charge in [-0.05, 0) is 38.7 Å². The van der Waals surface area contributed by atoms with E-state index in [4.69, 9.17) is 10.8 Å². The van der Waals surface area contributed by atoms with E-state index in [0.717, 1.165) is 5.56 Å². The van der Waals surface area contributed by atoms with Crippen molar-refractivity contribution in [3.05, 3.63) is 35.9 Å². The molecule has 0 bridgehead atoms. The summed E-state index contributed by atoms with van der Waals surface area (Å²) in [4.78, 5) is 24.3. The van der Waals surface area contributed by atoms with Crippen LogP contribution in [-0.4, -0.2) is 30.1 Å². The fourth-order valence-corrected chi connectivity index (χ4v) is 2.03. The lowest BCUT2D eigenvalue weighted by molar-refractivity contribution is -0.154. The van der Waals surface area contributed by atoms with Gasteiger partial charge in [-0.2, -0.15) is 0 Å². The minimum absolute atomic E-state index is 0.158. The summed E-state index contributed by atoms with van der Waals surface area (Å²) in [6.07, 6.45) is 0.464. The fourth-order valence-electron chi connectivity index (χ4n) is 2.03. The monoisotopic (exact) mass is 336 g/mol. The Morgan fingerprint density at radius 1 is 1.21 bits per heavy atom. The quantitative estimate of drug-likeness (QED) is 0.739. The van der Waals surface area contributed by atoms with E-state index in [1.54, 1.807) is 20.8 Å². The molecular formula is C19H29NO4. The molecule has 5 nitrogen and oxygen atoms in total. The van der Waals surface area contributed by atoms with E-state index in [2.05, 4.69) is 5.32 Å². The molecule has 0 spiro atoms. The standard InChI is InChI=1S/C19H29NO4/c1-14(2)11-16(20-12-17(21)24-19(3,4)5)18(22)23-13-15-9-7-6-8-10-15/h6-10,14,16,20H,11-13H2,1-5H3/t16-/m0/s1/i12D/t12?,16-. The molecular weight excluding hydrogens is 306 g/mol. The summed E-state index contributed by atoms with van der Waals surface area (Å²) >= 11 is 0. The number of ether oxygens (including phenoxy) is 2. The van der Waals surface area contributed by atoms with Gasteiger partial charge in [0.05, 0.1) is 7.89 Å². The van der Waals surface area contributed by atoms with Crippen LogP contribution in [0.5, 0.6) is 0 Å². The summed E-state index contributed by atoms with van der Waals surface area (Å²) in [6.45, 7) is 7.95. The topological polar surface area (TPSA) is 64.6 Å². The molecule has 0 saturated heterocycles. The van der Waals surface area contributed by atoms with Crippen LogP contribution >= 0.6 is 0 Å². The third kappa shape index (κ3) is 8.67. The molecule has 1 unspecified atom stereocenters. The molecule has 0 radical (unpaired) electrons. The van der Waals surface area contributed by atoms with Gasteiger partial charge in [0.1, 0.15) is 18.2 Å². The number of rotatable bonds is 8. The van der Waals surface area contributed by atoms with Crippen molar-refractivity contribution in [1.82, 2.24) is 5.32 Å². The van der Waals surface area contributed by atoms with Crippen LogP contribution in [0.4, 0.5) is 0 Å². The SMILES string of the molecule is [2H]C(N[C@@H](CC(C)C)C(=O)OCc1ccccc1)C(=O)OC(C)(C)C. The van der Waals surface area contributed by atoms with Gasteiger partial charge in [-0.3, -0.25) is 14.9 Å². The maximum atomic E-state index is 12.4. The molecule has 0 saturated carbocycles. The van der Waals surface area contributed by atoms with Gasteiger partial charge >= 0.3 is 11.9 Å². The predicted molar refractivity (Wildman–Crippen MR) is 93.3 cm³/mol. The van der Waals surface area contributed by atoms with Crippen molar-refractivity contribution in [3.8, 4) is 0 Å². The van der Waals surface area contributed by atoms with Crippen LogP contribution in [0.3, 0.4) is 0 Å². The van der Waals surface area contributed by atoms with Crippen molar-refractivity contribution in [1.29, 1.82) is 0 Å². The third-order valence-corrected chi connectivity index (χ3v) is 3.02. The molecule has 0 aliphatic carbocycles. The summed E-state index contributed by atoms with van der Waals surface area (Å²) in [6, 6.07) is 8.63. The first-order valence-electron chi connectivity index (χ1n) is 8.78. The van der Waals surface area contributed by atoms with Gasteiger partial charge in [-0.1, -0.05) is 44.2 Å². The van der Waals surface area contributed by atoms with Gasteiger partial charge in [-0.25, -0.2) is 0 Å². The van der Waals surface area contributed by atoms with E-state index >= 15 is 0 Å². The van der Waals surface area contributed by atoms with Crippen molar-refractivity contribution in [3.63, 3.8) is 0 Å². The second kappa shape index (κ2) is 9.42. The first-order chi connectivity index (χ1) is 11.6. The first-order valence-corrected chi connectivity index (χ1v) is 8.20. The Balaban J connectivity index is 2.65. The molecule has 24 heavy (non-hydrogen) atoms. The molecule has 1 aromatic rings. The van der Waals surface area contributed by atoms with Crippen molar-refractivity contribution >= 4 is 11.9 Å². The Bertz CT molecular complexity index is 554. The summed E-state index contributed by atoms with van der Waals surface area (Å²) in [5.74, 6) is -0.983. The Kier molecular flexibility index (Phi) is 7.25. The van der Waals surface area contributed by atoms with Gasteiger partial charge in [0.25, 0.3) is 0 Å². The number of nitrogens with one attached hydrogen (secondary N) is 1. The molecule has 1 rings (SSSR count). The summed E-state index contributed by atoms with van der Waals surface area (Å²) in [7, 11) is 0. The maximum Gasteiger partial charge on any atom is 0.323 e. The van der Waals surface area contributed by atoms with Gasteiger partial charge in [-0.15, -0.1) is 0 Å². The summed E-state index contributed by atoms with van der Waals surface area (Å²) in [5.41, 5.74) is 0.202. The molecule has 1 N–H and O–H groups in total. The lowest BCUT2D eigenvalue weighted by atomic mass is 10.0. The number of carbonyl (C=O) groups excluding carboxylic acids is 2. The highest BCUT2D eigenvalue weighted by Crippen LogP contribution is 2.10. The second-order valence-electron chi connectivity index (χ2n) is 7.12. The van der Waals surface area contributed by atoms with E-state index in [1.807, 2.05) is 44.2 Å². The zero-order chi connectivity index (χ0) is 19.0. The predicted octanol–water partition coefficient (Wildman–Crippen LogP) is 3.08. The van der Waals surface area contributed by atoms with Gasteiger partial charge in [0.2, 0.25) is 0 Å². The lowest BCUT2D eigenvalue weighted by Gasteiger charge is -2.22. The van der Waals surface area contributed by atoms with Crippen molar-refractivity contribution in [2.24, 2.45) is 5.92 Å². The molecule has 0 aliphatic rings. The summed E-state index contributed by atoms with van der Waals surface area (Å²) < 4.78 is 18.4. The van der Waals surface area contributed by atoms with E-state index < -0.39 is 30.1 Å². The molecule has 134 valence electrons. The molecule has 1 aromatic carbocycles. The summed E-state index contributed by atoms with van der Waals surface area (Å²) in [5, 5.41) is 2.72. The van der Waals surface area contributed by atoms with Gasteiger partial charge in [0, 0.05) is 0 Å². The smallest absolute Gasteiger partial charge is 0.323 e. The van der Waals surface area contributed by atoms with Crippen molar-refractivity contribution in [2.45, 2.75) is 59.3 Å². The van der Waals surface area contributed by atoms with Gasteiger partial charge in [0.15, 0.2) is 0 Å². The lowest BCUT2D eigenvalue weighted by Crippen LogP contribution is -2.43. The van der Waals surface area contributed by atoms with Crippen LogP contribution in [0.25, 0.3) is 0 Å². The van der Waals surface area contributed by atoms with Crippen LogP contribution in [-0.2, 0) is 25.7 Å². The van der Waals surface area contributed by atoms with Gasteiger partial charge < -0.3 is 9.47 Å². The van der Waals surface area contributed by atoms with Crippen LogP contribution in [0.15, 0.2) is 30.3 Å². The minimum Gasteiger partial charge on any atom is -0.460 e. The molecule has 0 amide bonds. The highest BCUT2D eigenvalue weighted by molar-refractivity contribution is 5.78.